The first-order chi connectivity index (χ1) is 7.94. The maximum Gasteiger partial charge on any atom is 0.223 e. The first-order valence-corrected chi connectivity index (χ1v) is 6.83. The summed E-state index contributed by atoms with van der Waals surface area (Å²) in [6, 6.07) is 1.67. The van der Waals surface area contributed by atoms with Gasteiger partial charge in [-0.2, -0.15) is 0 Å². The molecule has 1 aliphatic rings. The number of likely N-dealkylation sites (tertiary alicyclic amines) is 1. The van der Waals surface area contributed by atoms with Crippen LogP contribution in [0.1, 0.15) is 12.1 Å². The molecule has 1 fully saturated rings. The van der Waals surface area contributed by atoms with E-state index in [1.807, 2.05) is 0 Å². The molecular formula is C9H13N3O4S. The molecule has 1 aliphatic heterocycles. The molecule has 1 unspecified atom stereocenters. The van der Waals surface area contributed by atoms with Crippen molar-refractivity contribution in [2.75, 3.05) is 12.3 Å². The maximum absolute atomic E-state index is 11.6. The Labute approximate surface area is 98.6 Å². The van der Waals surface area contributed by atoms with Crippen LogP contribution < -0.4 is 5.14 Å². The SMILES string of the molecule is NS(=O)(=O)CC1CC(=O)N(Cc2ccon2)C1. The number of hydrogen-bond donors (Lipinski definition) is 1. The molecule has 2 rings (SSSR count). The van der Waals surface area contributed by atoms with E-state index in [0.717, 1.165) is 0 Å². The summed E-state index contributed by atoms with van der Waals surface area (Å²) >= 11 is 0. The molecule has 2 N–H and O–H groups in total. The van der Waals surface area contributed by atoms with E-state index in [0.29, 0.717) is 18.8 Å². The van der Waals surface area contributed by atoms with Crippen molar-refractivity contribution in [1.29, 1.82) is 0 Å². The summed E-state index contributed by atoms with van der Waals surface area (Å²) in [5.74, 6) is -0.473. The van der Waals surface area contributed by atoms with E-state index in [2.05, 4.69) is 9.68 Å². The van der Waals surface area contributed by atoms with Crippen LogP contribution in [0, 0.1) is 5.92 Å². The highest BCUT2D eigenvalue weighted by Gasteiger charge is 2.32. The molecule has 1 saturated heterocycles. The van der Waals surface area contributed by atoms with Crippen LogP contribution >= 0.6 is 0 Å². The van der Waals surface area contributed by atoms with Crippen LogP contribution in [0.5, 0.6) is 0 Å². The summed E-state index contributed by atoms with van der Waals surface area (Å²) in [4.78, 5) is 13.2. The van der Waals surface area contributed by atoms with Crippen LogP contribution in [0.25, 0.3) is 0 Å². The Morgan fingerprint density at radius 2 is 2.35 bits per heavy atom. The van der Waals surface area contributed by atoms with E-state index < -0.39 is 10.0 Å². The molecule has 7 nitrogen and oxygen atoms in total. The fourth-order valence-electron chi connectivity index (χ4n) is 1.96. The van der Waals surface area contributed by atoms with E-state index in [1.165, 1.54) is 6.26 Å². The summed E-state index contributed by atoms with van der Waals surface area (Å²) in [6.45, 7) is 0.735. The summed E-state index contributed by atoms with van der Waals surface area (Å²) in [6.07, 6.45) is 1.64. The number of primary sulfonamides is 1. The van der Waals surface area contributed by atoms with Crippen molar-refractivity contribution in [3.8, 4) is 0 Å². The smallest absolute Gasteiger partial charge is 0.223 e. The number of carbonyl (C=O) groups excluding carboxylic acids is 1. The van der Waals surface area contributed by atoms with Crippen molar-refractivity contribution >= 4 is 15.9 Å². The van der Waals surface area contributed by atoms with Gasteiger partial charge in [0.25, 0.3) is 0 Å². The second kappa shape index (κ2) is 4.46. The Morgan fingerprint density at radius 1 is 1.59 bits per heavy atom. The van der Waals surface area contributed by atoms with Gasteiger partial charge in [0.2, 0.25) is 15.9 Å². The normalized spacial score (nSPS) is 21.1. The number of amides is 1. The zero-order valence-corrected chi connectivity index (χ0v) is 9.89. The van der Waals surface area contributed by atoms with Crippen LogP contribution in [0.15, 0.2) is 16.9 Å². The van der Waals surface area contributed by atoms with Crippen molar-refractivity contribution in [1.82, 2.24) is 10.1 Å². The Morgan fingerprint density at radius 3 is 2.94 bits per heavy atom. The van der Waals surface area contributed by atoms with Crippen molar-refractivity contribution in [3.05, 3.63) is 18.0 Å². The molecule has 8 heteroatoms. The molecule has 1 atom stereocenters. The minimum absolute atomic E-state index is 0.0818. The third kappa shape index (κ3) is 3.27. The average molecular weight is 259 g/mol. The maximum atomic E-state index is 11.6. The second-order valence-electron chi connectivity index (χ2n) is 4.16. The number of rotatable bonds is 4. The Hall–Kier alpha value is -1.41. The second-order valence-corrected chi connectivity index (χ2v) is 5.82. The van der Waals surface area contributed by atoms with E-state index >= 15 is 0 Å². The molecule has 0 saturated carbocycles. The number of nitrogens with zero attached hydrogens (tertiary/aromatic N) is 2. The highest BCUT2D eigenvalue weighted by Crippen LogP contribution is 2.20. The van der Waals surface area contributed by atoms with E-state index in [1.54, 1.807) is 11.0 Å². The molecule has 0 spiro atoms. The summed E-state index contributed by atoms with van der Waals surface area (Å²) < 4.78 is 26.5. The predicted molar refractivity (Wildman–Crippen MR) is 58.0 cm³/mol. The van der Waals surface area contributed by atoms with Crippen molar-refractivity contribution in [2.45, 2.75) is 13.0 Å². The molecule has 94 valence electrons. The minimum Gasteiger partial charge on any atom is -0.364 e. The third-order valence-corrected chi connectivity index (χ3v) is 3.54. The Bertz CT molecular complexity index is 496. The lowest BCUT2D eigenvalue weighted by Gasteiger charge is -2.14. The number of hydrogen-bond acceptors (Lipinski definition) is 5. The summed E-state index contributed by atoms with van der Waals surface area (Å²) in [5.41, 5.74) is 0.648. The third-order valence-electron chi connectivity index (χ3n) is 2.61. The lowest BCUT2D eigenvalue weighted by molar-refractivity contribution is -0.128. The monoisotopic (exact) mass is 259 g/mol. The average Bonchev–Trinajstić information content (AvgIpc) is 2.75. The van der Waals surface area contributed by atoms with Gasteiger partial charge in [-0.3, -0.25) is 4.79 Å². The van der Waals surface area contributed by atoms with Gasteiger partial charge in [-0.1, -0.05) is 5.16 Å². The van der Waals surface area contributed by atoms with Crippen molar-refractivity contribution < 1.29 is 17.7 Å². The van der Waals surface area contributed by atoms with Crippen molar-refractivity contribution in [3.63, 3.8) is 0 Å². The molecule has 0 bridgehead atoms. The summed E-state index contributed by atoms with van der Waals surface area (Å²) in [7, 11) is -3.53. The van der Waals surface area contributed by atoms with Gasteiger partial charge < -0.3 is 9.42 Å². The van der Waals surface area contributed by atoms with Crippen LogP contribution in [-0.4, -0.2) is 36.7 Å². The fraction of sp³-hybridized carbons (Fsp3) is 0.556. The fourth-order valence-corrected chi connectivity index (χ4v) is 2.84. The first kappa shape index (κ1) is 12.1. The van der Waals surface area contributed by atoms with Gasteiger partial charge in [0.05, 0.1) is 12.3 Å². The van der Waals surface area contributed by atoms with Crippen LogP contribution in [0.3, 0.4) is 0 Å². The van der Waals surface area contributed by atoms with Gasteiger partial charge in [-0.25, -0.2) is 13.6 Å². The predicted octanol–water partition coefficient (Wildman–Crippen LogP) is -0.688. The van der Waals surface area contributed by atoms with Crippen molar-refractivity contribution in [2.24, 2.45) is 11.1 Å². The molecule has 1 aromatic rings. The molecule has 0 aliphatic carbocycles. The summed E-state index contributed by atoms with van der Waals surface area (Å²) in [5, 5.41) is 8.66. The zero-order valence-electron chi connectivity index (χ0n) is 9.07. The van der Waals surface area contributed by atoms with E-state index in [4.69, 9.17) is 5.14 Å². The number of sulfonamides is 1. The van der Waals surface area contributed by atoms with Crippen LogP contribution in [0.4, 0.5) is 0 Å². The first-order valence-electron chi connectivity index (χ1n) is 5.11. The molecule has 1 amide bonds. The van der Waals surface area contributed by atoms with E-state index in [-0.39, 0.29) is 24.0 Å². The zero-order chi connectivity index (χ0) is 12.5. The van der Waals surface area contributed by atoms with Gasteiger partial charge >= 0.3 is 0 Å². The van der Waals surface area contributed by atoms with Crippen LogP contribution in [-0.2, 0) is 21.4 Å². The molecular weight excluding hydrogens is 246 g/mol. The van der Waals surface area contributed by atoms with Gasteiger partial charge in [-0.15, -0.1) is 0 Å². The highest BCUT2D eigenvalue weighted by atomic mass is 32.2. The number of carbonyl (C=O) groups is 1. The van der Waals surface area contributed by atoms with Gasteiger partial charge in [0.1, 0.15) is 12.0 Å². The van der Waals surface area contributed by atoms with E-state index in [9.17, 15) is 13.2 Å². The molecule has 0 radical (unpaired) electrons. The number of aromatic nitrogens is 1. The van der Waals surface area contributed by atoms with Gasteiger partial charge in [0.15, 0.2) is 0 Å². The lowest BCUT2D eigenvalue weighted by Crippen LogP contribution is -2.27. The Balaban J connectivity index is 1.96. The highest BCUT2D eigenvalue weighted by molar-refractivity contribution is 7.89. The largest absolute Gasteiger partial charge is 0.364 e. The minimum atomic E-state index is -3.53. The quantitative estimate of drug-likeness (QED) is 0.770. The van der Waals surface area contributed by atoms with Gasteiger partial charge in [0, 0.05) is 24.9 Å². The Kier molecular flexibility index (Phi) is 3.16. The topological polar surface area (TPSA) is 106 Å². The lowest BCUT2D eigenvalue weighted by atomic mass is 10.1. The molecule has 17 heavy (non-hydrogen) atoms. The molecule has 2 heterocycles. The van der Waals surface area contributed by atoms with Crippen LogP contribution in [0.2, 0.25) is 0 Å². The molecule has 0 aromatic carbocycles. The van der Waals surface area contributed by atoms with Gasteiger partial charge in [-0.05, 0) is 0 Å². The number of nitrogens with two attached hydrogens (primary N) is 1. The molecule has 1 aromatic heterocycles. The standard InChI is InChI=1S/C9H13N3O4S/c10-17(14,15)6-7-3-9(13)12(4-7)5-8-1-2-16-11-8/h1-2,7H,3-6H2,(H2,10,14,15).